The fraction of sp³-hybridized carbons (Fsp3) is 0.333. The highest BCUT2D eigenvalue weighted by molar-refractivity contribution is 5.33. The van der Waals surface area contributed by atoms with Gasteiger partial charge in [0.15, 0.2) is 0 Å². The van der Waals surface area contributed by atoms with Crippen molar-refractivity contribution in [3.05, 3.63) is 65.7 Å². The molecule has 2 nitrogen and oxygen atoms in total. The highest BCUT2D eigenvalue weighted by Gasteiger charge is 2.05. The lowest BCUT2D eigenvalue weighted by molar-refractivity contribution is 0.405. The van der Waals surface area contributed by atoms with Gasteiger partial charge in [-0.3, -0.25) is 0 Å². The van der Waals surface area contributed by atoms with Gasteiger partial charge in [-0.2, -0.15) is 0 Å². The number of ether oxygens (including phenoxy) is 1. The summed E-state index contributed by atoms with van der Waals surface area (Å²) in [4.78, 5) is 0. The molecule has 0 amide bonds. The minimum absolute atomic E-state index is 0.486. The van der Waals surface area contributed by atoms with Gasteiger partial charge in [0, 0.05) is 18.2 Å². The van der Waals surface area contributed by atoms with Crippen LogP contribution in [0, 0.1) is 0 Å². The number of rotatable bonds is 7. The van der Waals surface area contributed by atoms with Crippen LogP contribution >= 0.6 is 0 Å². The standard InChI is InChI=1S/C18H23NO/c1-15(12-13-16-8-4-3-5-9-16)19-14-17-10-6-7-11-18(17)20-2/h3-11,15,19H,12-14H2,1-2H3/t15-/m0/s1. The van der Waals surface area contributed by atoms with Crippen LogP contribution in [0.15, 0.2) is 54.6 Å². The zero-order valence-electron chi connectivity index (χ0n) is 12.3. The number of nitrogens with one attached hydrogen (secondary N) is 1. The maximum atomic E-state index is 5.37. The Morgan fingerprint density at radius 2 is 1.70 bits per heavy atom. The third kappa shape index (κ3) is 4.39. The van der Waals surface area contributed by atoms with Crippen molar-refractivity contribution in [3.63, 3.8) is 0 Å². The van der Waals surface area contributed by atoms with Gasteiger partial charge >= 0.3 is 0 Å². The Morgan fingerprint density at radius 3 is 2.45 bits per heavy atom. The molecule has 0 fully saturated rings. The predicted molar refractivity (Wildman–Crippen MR) is 84.1 cm³/mol. The summed E-state index contributed by atoms with van der Waals surface area (Å²) >= 11 is 0. The van der Waals surface area contributed by atoms with E-state index in [0.717, 1.165) is 25.1 Å². The van der Waals surface area contributed by atoms with Crippen LogP contribution < -0.4 is 10.1 Å². The van der Waals surface area contributed by atoms with Gasteiger partial charge in [0.2, 0.25) is 0 Å². The van der Waals surface area contributed by atoms with Crippen LogP contribution in [-0.4, -0.2) is 13.2 Å². The van der Waals surface area contributed by atoms with Crippen molar-refractivity contribution in [1.82, 2.24) is 5.32 Å². The lowest BCUT2D eigenvalue weighted by Gasteiger charge is -2.15. The van der Waals surface area contributed by atoms with Crippen molar-refractivity contribution in [3.8, 4) is 5.75 Å². The van der Waals surface area contributed by atoms with E-state index in [9.17, 15) is 0 Å². The summed E-state index contributed by atoms with van der Waals surface area (Å²) in [6, 6.07) is 19.3. The molecule has 2 rings (SSSR count). The molecule has 0 unspecified atom stereocenters. The van der Waals surface area contributed by atoms with E-state index in [1.165, 1.54) is 11.1 Å². The minimum Gasteiger partial charge on any atom is -0.496 e. The van der Waals surface area contributed by atoms with Gasteiger partial charge in [-0.1, -0.05) is 48.5 Å². The second-order valence-corrected chi connectivity index (χ2v) is 5.12. The van der Waals surface area contributed by atoms with Crippen LogP contribution in [0.5, 0.6) is 5.75 Å². The largest absolute Gasteiger partial charge is 0.496 e. The van der Waals surface area contributed by atoms with E-state index < -0.39 is 0 Å². The van der Waals surface area contributed by atoms with Gasteiger partial charge in [-0.15, -0.1) is 0 Å². The Hall–Kier alpha value is -1.80. The summed E-state index contributed by atoms with van der Waals surface area (Å²) < 4.78 is 5.37. The molecule has 1 atom stereocenters. The Bertz CT molecular complexity index is 510. The molecule has 2 heteroatoms. The molecule has 0 aliphatic heterocycles. The summed E-state index contributed by atoms with van der Waals surface area (Å²) in [6.45, 7) is 3.08. The molecule has 0 aliphatic rings. The van der Waals surface area contributed by atoms with Gasteiger partial charge in [0.25, 0.3) is 0 Å². The molecule has 1 N–H and O–H groups in total. The van der Waals surface area contributed by atoms with E-state index in [4.69, 9.17) is 4.74 Å². The fourth-order valence-electron chi connectivity index (χ4n) is 2.26. The zero-order chi connectivity index (χ0) is 14.2. The topological polar surface area (TPSA) is 21.3 Å². The number of hydrogen-bond donors (Lipinski definition) is 1. The van der Waals surface area contributed by atoms with Crippen LogP contribution in [0.4, 0.5) is 0 Å². The first-order chi connectivity index (χ1) is 9.79. The third-order valence-corrected chi connectivity index (χ3v) is 3.54. The Labute approximate surface area is 121 Å². The summed E-state index contributed by atoms with van der Waals surface area (Å²) in [5.74, 6) is 0.954. The minimum atomic E-state index is 0.486. The molecule has 0 radical (unpaired) electrons. The van der Waals surface area contributed by atoms with Crippen molar-refractivity contribution in [2.24, 2.45) is 0 Å². The first-order valence-electron chi connectivity index (χ1n) is 7.19. The average molecular weight is 269 g/mol. The molecule has 20 heavy (non-hydrogen) atoms. The lowest BCUT2D eigenvalue weighted by atomic mass is 10.1. The molecular weight excluding hydrogens is 246 g/mol. The van der Waals surface area contributed by atoms with E-state index in [1.807, 2.05) is 18.2 Å². The quantitative estimate of drug-likeness (QED) is 0.825. The van der Waals surface area contributed by atoms with Crippen molar-refractivity contribution in [1.29, 1.82) is 0 Å². The number of hydrogen-bond acceptors (Lipinski definition) is 2. The third-order valence-electron chi connectivity index (χ3n) is 3.54. The van der Waals surface area contributed by atoms with Crippen LogP contribution in [-0.2, 0) is 13.0 Å². The molecule has 2 aromatic rings. The van der Waals surface area contributed by atoms with Gasteiger partial charge in [0.05, 0.1) is 7.11 Å². The van der Waals surface area contributed by atoms with Crippen molar-refractivity contribution in [2.45, 2.75) is 32.4 Å². The molecule has 106 valence electrons. The van der Waals surface area contributed by atoms with Crippen LogP contribution in [0.2, 0.25) is 0 Å². The summed E-state index contributed by atoms with van der Waals surface area (Å²) in [5.41, 5.74) is 2.61. The van der Waals surface area contributed by atoms with Crippen LogP contribution in [0.25, 0.3) is 0 Å². The Balaban J connectivity index is 1.79. The lowest BCUT2D eigenvalue weighted by Crippen LogP contribution is -2.26. The summed E-state index contributed by atoms with van der Waals surface area (Å²) in [6.07, 6.45) is 2.25. The van der Waals surface area contributed by atoms with Gasteiger partial charge < -0.3 is 10.1 Å². The molecule has 0 saturated carbocycles. The smallest absolute Gasteiger partial charge is 0.123 e. The first-order valence-corrected chi connectivity index (χ1v) is 7.19. The zero-order valence-corrected chi connectivity index (χ0v) is 12.3. The molecule has 0 aromatic heterocycles. The average Bonchev–Trinajstić information content (AvgIpc) is 2.52. The first kappa shape index (κ1) is 14.6. The predicted octanol–water partition coefficient (Wildman–Crippen LogP) is 3.81. The highest BCUT2D eigenvalue weighted by atomic mass is 16.5. The summed E-state index contributed by atoms with van der Waals surface area (Å²) in [5, 5.41) is 3.56. The van der Waals surface area contributed by atoms with Gasteiger partial charge in [-0.25, -0.2) is 0 Å². The van der Waals surface area contributed by atoms with E-state index in [2.05, 4.69) is 48.6 Å². The fourth-order valence-corrected chi connectivity index (χ4v) is 2.26. The highest BCUT2D eigenvalue weighted by Crippen LogP contribution is 2.17. The number of aryl methyl sites for hydroxylation is 1. The molecule has 0 bridgehead atoms. The molecule has 2 aromatic carbocycles. The Morgan fingerprint density at radius 1 is 1.00 bits per heavy atom. The monoisotopic (exact) mass is 269 g/mol. The summed E-state index contributed by atoms with van der Waals surface area (Å²) in [7, 11) is 1.72. The second-order valence-electron chi connectivity index (χ2n) is 5.12. The van der Waals surface area contributed by atoms with Crippen molar-refractivity contribution >= 4 is 0 Å². The maximum Gasteiger partial charge on any atom is 0.123 e. The number of methoxy groups -OCH3 is 1. The molecular formula is C18H23NO. The molecule has 0 aliphatic carbocycles. The van der Waals surface area contributed by atoms with Crippen LogP contribution in [0.1, 0.15) is 24.5 Å². The van der Waals surface area contributed by atoms with E-state index in [1.54, 1.807) is 7.11 Å². The SMILES string of the molecule is COc1ccccc1CN[C@@H](C)CCc1ccccc1. The van der Waals surface area contributed by atoms with Gasteiger partial charge in [-0.05, 0) is 31.4 Å². The molecule has 0 heterocycles. The normalized spacial score (nSPS) is 12.1. The maximum absolute atomic E-state index is 5.37. The van der Waals surface area contributed by atoms with Crippen LogP contribution in [0.3, 0.4) is 0 Å². The molecule has 0 saturated heterocycles. The van der Waals surface area contributed by atoms with Crippen molar-refractivity contribution in [2.75, 3.05) is 7.11 Å². The molecule has 0 spiro atoms. The van der Waals surface area contributed by atoms with E-state index >= 15 is 0 Å². The number of para-hydroxylation sites is 1. The second kappa shape index (κ2) is 7.71. The number of benzene rings is 2. The Kier molecular flexibility index (Phi) is 5.63. The van der Waals surface area contributed by atoms with Crippen molar-refractivity contribution < 1.29 is 4.74 Å². The van der Waals surface area contributed by atoms with Gasteiger partial charge in [0.1, 0.15) is 5.75 Å². The van der Waals surface area contributed by atoms with E-state index in [0.29, 0.717) is 6.04 Å². The van der Waals surface area contributed by atoms with E-state index in [-0.39, 0.29) is 0 Å².